The molecular formula is C6H14O12P2. The smallest absolute Gasteiger partial charge is 0.394 e. The Labute approximate surface area is 112 Å². The molecule has 0 heterocycles. The number of rotatable bonds is 9. The predicted molar refractivity (Wildman–Crippen MR) is 59.0 cm³/mol. The Kier molecular flexibility index (Phi) is 7.60. The predicted octanol–water partition coefficient (Wildman–Crippen LogP) is -3.14. The molecule has 0 saturated carbocycles. The summed E-state index contributed by atoms with van der Waals surface area (Å²) in [6.45, 7) is -2.40. The highest BCUT2D eigenvalue weighted by Crippen LogP contribution is 2.39. The minimum atomic E-state index is -5.21. The van der Waals surface area contributed by atoms with Crippen LogP contribution in [0.2, 0.25) is 0 Å². The van der Waals surface area contributed by atoms with Crippen LogP contribution in [0.5, 0.6) is 0 Å². The lowest BCUT2D eigenvalue weighted by atomic mass is 10.1. The van der Waals surface area contributed by atoms with Crippen LogP contribution in [0.4, 0.5) is 0 Å². The maximum Gasteiger partial charge on any atom is 0.470 e. The minimum Gasteiger partial charge on any atom is -0.394 e. The summed E-state index contributed by atoms with van der Waals surface area (Å²) in [4.78, 5) is 45.1. The highest BCUT2D eigenvalue weighted by Gasteiger charge is 2.38. The number of hydrogen-bond donors (Lipinski definition) is 7. The summed E-state index contributed by atoms with van der Waals surface area (Å²) in [5, 5.41) is 27.3. The maximum absolute atomic E-state index is 11.3. The quantitative estimate of drug-likeness (QED) is 0.207. The van der Waals surface area contributed by atoms with Gasteiger partial charge in [-0.25, -0.2) is 9.13 Å². The molecule has 12 nitrogen and oxygen atoms in total. The van der Waals surface area contributed by atoms with E-state index in [1.165, 1.54) is 0 Å². The second-order valence-electron chi connectivity index (χ2n) is 3.49. The van der Waals surface area contributed by atoms with E-state index in [4.69, 9.17) is 24.7 Å². The van der Waals surface area contributed by atoms with E-state index < -0.39 is 53.0 Å². The molecule has 120 valence electrons. The summed E-state index contributed by atoms with van der Waals surface area (Å²) < 4.78 is 28.7. The first-order valence-corrected chi connectivity index (χ1v) is 7.87. The molecule has 0 unspecified atom stereocenters. The Morgan fingerprint density at radius 3 is 1.90 bits per heavy atom. The Hall–Kier alpha value is -0.230. The van der Waals surface area contributed by atoms with Crippen LogP contribution in [0.1, 0.15) is 0 Å². The van der Waals surface area contributed by atoms with Crippen LogP contribution < -0.4 is 0 Å². The summed E-state index contributed by atoms with van der Waals surface area (Å²) in [7, 11) is -10.2. The number of ketones is 1. The fourth-order valence-electron chi connectivity index (χ4n) is 1.02. The van der Waals surface area contributed by atoms with Gasteiger partial charge in [0.2, 0.25) is 0 Å². The van der Waals surface area contributed by atoms with Crippen LogP contribution >= 0.6 is 15.6 Å². The lowest BCUT2D eigenvalue weighted by Gasteiger charge is -2.25. The SMILES string of the molecule is O=C(COP(=O)(O)O)[C@@H](O)[C@H](OP(=O)(O)O)[C@H](O)CO. The normalized spacial score (nSPS) is 17.6. The van der Waals surface area contributed by atoms with E-state index in [0.717, 1.165) is 0 Å². The number of aliphatic hydroxyl groups is 3. The molecule has 0 radical (unpaired) electrons. The fourth-order valence-corrected chi connectivity index (χ4v) is 1.89. The van der Waals surface area contributed by atoms with Gasteiger partial charge in [-0.05, 0) is 0 Å². The third kappa shape index (κ3) is 8.15. The van der Waals surface area contributed by atoms with Crippen molar-refractivity contribution in [1.29, 1.82) is 0 Å². The number of phosphoric ester groups is 2. The third-order valence-corrected chi connectivity index (χ3v) is 2.82. The van der Waals surface area contributed by atoms with Gasteiger partial charge in [0, 0.05) is 0 Å². The van der Waals surface area contributed by atoms with E-state index in [9.17, 15) is 24.1 Å². The zero-order valence-corrected chi connectivity index (χ0v) is 11.5. The van der Waals surface area contributed by atoms with Gasteiger partial charge in [0.15, 0.2) is 5.78 Å². The molecule has 0 aliphatic rings. The largest absolute Gasteiger partial charge is 0.470 e. The summed E-state index contributed by atoms with van der Waals surface area (Å²) in [6, 6.07) is 0. The molecule has 0 rings (SSSR count). The maximum atomic E-state index is 11.3. The van der Waals surface area contributed by atoms with Gasteiger partial charge >= 0.3 is 15.6 Å². The molecule has 0 amide bonds. The molecule has 20 heavy (non-hydrogen) atoms. The topological polar surface area (TPSA) is 211 Å². The Bertz CT molecular complexity index is 410. The van der Waals surface area contributed by atoms with Gasteiger partial charge in [0.1, 0.15) is 24.9 Å². The molecule has 0 spiro atoms. The lowest BCUT2D eigenvalue weighted by Crippen LogP contribution is -2.46. The lowest BCUT2D eigenvalue weighted by molar-refractivity contribution is -0.141. The van der Waals surface area contributed by atoms with Crippen molar-refractivity contribution in [2.24, 2.45) is 0 Å². The third-order valence-electron chi connectivity index (χ3n) is 1.84. The second kappa shape index (κ2) is 7.69. The first kappa shape index (κ1) is 19.8. The molecule has 0 aliphatic heterocycles. The van der Waals surface area contributed by atoms with E-state index in [0.29, 0.717) is 0 Å². The van der Waals surface area contributed by atoms with Gasteiger partial charge in [-0.3, -0.25) is 13.8 Å². The monoisotopic (exact) mass is 340 g/mol. The molecule has 0 aromatic rings. The zero-order valence-electron chi connectivity index (χ0n) is 9.71. The highest BCUT2D eigenvalue weighted by molar-refractivity contribution is 7.46. The molecule has 7 N–H and O–H groups in total. The van der Waals surface area contributed by atoms with Crippen molar-refractivity contribution < 1.29 is 57.9 Å². The van der Waals surface area contributed by atoms with Crippen molar-refractivity contribution in [2.45, 2.75) is 18.3 Å². The van der Waals surface area contributed by atoms with Crippen LogP contribution in [0.15, 0.2) is 0 Å². The first-order chi connectivity index (χ1) is 8.87. The van der Waals surface area contributed by atoms with E-state index in [1.54, 1.807) is 0 Å². The molecule has 0 saturated heterocycles. The van der Waals surface area contributed by atoms with Gasteiger partial charge in [-0.1, -0.05) is 0 Å². The highest BCUT2D eigenvalue weighted by atomic mass is 31.2. The number of carbonyl (C=O) groups excluding carboxylic acids is 1. The summed E-state index contributed by atoms with van der Waals surface area (Å²) in [5.74, 6) is -1.43. The number of carbonyl (C=O) groups is 1. The number of aliphatic hydroxyl groups excluding tert-OH is 3. The Morgan fingerprint density at radius 2 is 1.55 bits per heavy atom. The molecule has 0 aromatic heterocycles. The van der Waals surface area contributed by atoms with E-state index >= 15 is 0 Å². The first-order valence-electron chi connectivity index (χ1n) is 4.81. The Balaban J connectivity index is 4.86. The Morgan fingerprint density at radius 1 is 1.05 bits per heavy atom. The standard InChI is InChI=1S/C6H14O12P2/c7-1-3(8)6(18-20(14,15)16)5(10)4(9)2-17-19(11,12)13/h3,5-8,10H,1-2H2,(H2,11,12,13)(H2,14,15,16)/t3-,5-,6-/m1/s1. The van der Waals surface area contributed by atoms with Crippen molar-refractivity contribution in [3.05, 3.63) is 0 Å². The van der Waals surface area contributed by atoms with E-state index in [-0.39, 0.29) is 0 Å². The van der Waals surface area contributed by atoms with Crippen molar-refractivity contribution >= 4 is 21.4 Å². The molecule has 3 atom stereocenters. The number of hydrogen-bond acceptors (Lipinski definition) is 8. The number of Topliss-reactive ketones (excluding diaryl/α,β-unsaturated/α-hetero) is 1. The molecule has 0 aliphatic carbocycles. The molecular weight excluding hydrogens is 326 g/mol. The van der Waals surface area contributed by atoms with Crippen molar-refractivity contribution in [3.8, 4) is 0 Å². The second-order valence-corrected chi connectivity index (χ2v) is 5.92. The van der Waals surface area contributed by atoms with Gasteiger partial charge in [0.05, 0.1) is 6.61 Å². The summed E-state index contributed by atoms with van der Waals surface area (Å²) in [6.07, 6.45) is -6.64. The van der Waals surface area contributed by atoms with Crippen molar-refractivity contribution in [3.63, 3.8) is 0 Å². The average Bonchev–Trinajstić information content (AvgIpc) is 2.29. The summed E-state index contributed by atoms with van der Waals surface area (Å²) in [5.41, 5.74) is 0. The van der Waals surface area contributed by atoms with Crippen LogP contribution in [-0.2, 0) is 23.0 Å². The van der Waals surface area contributed by atoms with Gasteiger partial charge in [-0.15, -0.1) is 0 Å². The van der Waals surface area contributed by atoms with Crippen LogP contribution in [0.25, 0.3) is 0 Å². The van der Waals surface area contributed by atoms with Crippen LogP contribution in [0, 0.1) is 0 Å². The minimum absolute atomic E-state index is 1.10. The number of phosphoric acid groups is 2. The zero-order chi connectivity index (χ0) is 16.1. The fraction of sp³-hybridized carbons (Fsp3) is 0.833. The molecule has 0 fully saturated rings. The van der Waals surface area contributed by atoms with E-state index in [2.05, 4.69) is 9.05 Å². The van der Waals surface area contributed by atoms with Gasteiger partial charge < -0.3 is 34.9 Å². The molecule has 14 heteroatoms. The molecule has 0 aromatic carbocycles. The summed E-state index contributed by atoms with van der Waals surface area (Å²) >= 11 is 0. The van der Waals surface area contributed by atoms with Crippen molar-refractivity contribution in [2.75, 3.05) is 13.2 Å². The molecule has 0 bridgehead atoms. The van der Waals surface area contributed by atoms with Crippen LogP contribution in [-0.4, -0.2) is 72.2 Å². The van der Waals surface area contributed by atoms with Gasteiger partial charge in [-0.2, -0.15) is 0 Å². The van der Waals surface area contributed by atoms with E-state index in [1.807, 2.05) is 0 Å². The van der Waals surface area contributed by atoms with Gasteiger partial charge in [0.25, 0.3) is 0 Å². The van der Waals surface area contributed by atoms with Crippen LogP contribution in [0.3, 0.4) is 0 Å². The van der Waals surface area contributed by atoms with Crippen molar-refractivity contribution in [1.82, 2.24) is 0 Å². The average molecular weight is 340 g/mol.